The molecule has 0 bridgehead atoms. The van der Waals surface area contributed by atoms with Crippen LogP contribution in [0.15, 0.2) is 200 Å². The van der Waals surface area contributed by atoms with Gasteiger partial charge in [0.2, 0.25) is 0 Å². The molecule has 0 amide bonds. The Morgan fingerprint density at radius 2 is 0.811 bits per heavy atom. The van der Waals surface area contributed by atoms with Gasteiger partial charge in [0.1, 0.15) is 0 Å². The van der Waals surface area contributed by atoms with Crippen LogP contribution in [0.5, 0.6) is 0 Å². The molecular weight excluding hydrogens is 643 g/mol. The van der Waals surface area contributed by atoms with E-state index in [1.165, 1.54) is 76.8 Å². The third kappa shape index (κ3) is 4.61. The van der Waals surface area contributed by atoms with Crippen LogP contribution in [-0.2, 0) is 0 Å². The lowest BCUT2D eigenvalue weighted by Crippen LogP contribution is -2.00. The van der Waals surface area contributed by atoms with E-state index in [2.05, 4.69) is 214 Å². The quantitative estimate of drug-likeness (QED) is 0.172. The monoisotopic (exact) mass is 675 g/mol. The maximum atomic E-state index is 2.49. The van der Waals surface area contributed by atoms with E-state index in [1.807, 2.05) is 0 Å². The molecule has 0 N–H and O–H groups in total. The van der Waals surface area contributed by atoms with Crippen molar-refractivity contribution in [1.82, 2.24) is 13.7 Å². The number of fused-ring (bicyclic) bond motifs is 8. The van der Waals surface area contributed by atoms with Gasteiger partial charge in [-0.2, -0.15) is 0 Å². The van der Waals surface area contributed by atoms with E-state index in [-0.39, 0.29) is 0 Å². The number of hydrogen-bond donors (Lipinski definition) is 0. The fourth-order valence-corrected chi connectivity index (χ4v) is 8.47. The lowest BCUT2D eigenvalue weighted by atomic mass is 10.0. The highest BCUT2D eigenvalue weighted by molar-refractivity contribution is 6.18. The Hall–Kier alpha value is -7.10. The Kier molecular flexibility index (Phi) is 6.55. The van der Waals surface area contributed by atoms with Crippen LogP contribution in [0, 0.1) is 0 Å². The summed E-state index contributed by atoms with van der Waals surface area (Å²) in [4.78, 5) is 0. The van der Waals surface area contributed by atoms with E-state index < -0.39 is 0 Å². The van der Waals surface area contributed by atoms with Gasteiger partial charge in [-0.25, -0.2) is 0 Å². The summed E-state index contributed by atoms with van der Waals surface area (Å²) < 4.78 is 7.25. The summed E-state index contributed by atoms with van der Waals surface area (Å²) in [5.41, 5.74) is 14.1. The summed E-state index contributed by atoms with van der Waals surface area (Å²) in [6, 6.07) is 70.6. The van der Waals surface area contributed by atoms with Gasteiger partial charge < -0.3 is 13.7 Å². The zero-order chi connectivity index (χ0) is 34.9. The minimum absolute atomic E-state index is 1.12. The second-order valence-electron chi connectivity index (χ2n) is 13.8. The van der Waals surface area contributed by atoms with Crippen LogP contribution in [0.25, 0.3) is 93.8 Å². The largest absolute Gasteiger partial charge is 0.316 e. The minimum Gasteiger partial charge on any atom is -0.316 e. The van der Waals surface area contributed by atoms with Crippen LogP contribution in [0.4, 0.5) is 0 Å². The predicted molar refractivity (Wildman–Crippen MR) is 223 cm³/mol. The van der Waals surface area contributed by atoms with Gasteiger partial charge in [-0.05, 0) is 82.9 Å². The Morgan fingerprint density at radius 3 is 1.53 bits per heavy atom. The Labute approximate surface area is 306 Å². The molecule has 53 heavy (non-hydrogen) atoms. The number of rotatable bonds is 5. The van der Waals surface area contributed by atoms with Gasteiger partial charge >= 0.3 is 0 Å². The van der Waals surface area contributed by atoms with Crippen LogP contribution in [0.3, 0.4) is 0 Å². The fourth-order valence-electron chi connectivity index (χ4n) is 8.47. The summed E-state index contributed by atoms with van der Waals surface area (Å²) in [6.07, 6.45) is 2.20. The van der Waals surface area contributed by atoms with E-state index in [0.29, 0.717) is 0 Å². The van der Waals surface area contributed by atoms with Gasteiger partial charge in [0, 0.05) is 50.2 Å². The van der Waals surface area contributed by atoms with Crippen molar-refractivity contribution in [2.75, 3.05) is 0 Å². The first-order chi connectivity index (χ1) is 26.3. The van der Waals surface area contributed by atoms with Crippen molar-refractivity contribution in [3.05, 3.63) is 200 Å². The highest BCUT2D eigenvalue weighted by Crippen LogP contribution is 2.41. The second kappa shape index (κ2) is 11.7. The molecule has 0 saturated carbocycles. The van der Waals surface area contributed by atoms with Crippen molar-refractivity contribution in [2.24, 2.45) is 0 Å². The first kappa shape index (κ1) is 29.6. The van der Waals surface area contributed by atoms with Gasteiger partial charge in [-0.15, -0.1) is 0 Å². The molecule has 11 aromatic rings. The molecule has 0 unspecified atom stereocenters. The van der Waals surface area contributed by atoms with Crippen LogP contribution in [-0.4, -0.2) is 13.7 Å². The van der Waals surface area contributed by atoms with E-state index in [0.717, 1.165) is 17.1 Å². The van der Waals surface area contributed by atoms with Gasteiger partial charge in [-0.3, -0.25) is 0 Å². The molecule has 3 heteroatoms. The molecule has 11 rings (SSSR count). The van der Waals surface area contributed by atoms with Crippen molar-refractivity contribution >= 4 is 54.5 Å². The maximum Gasteiger partial charge on any atom is 0.0635 e. The summed E-state index contributed by atoms with van der Waals surface area (Å²) in [7, 11) is 0. The molecule has 0 aliphatic heterocycles. The summed E-state index contributed by atoms with van der Waals surface area (Å²) in [5.74, 6) is 0. The lowest BCUT2D eigenvalue weighted by Gasteiger charge is -2.16. The van der Waals surface area contributed by atoms with Crippen molar-refractivity contribution in [2.45, 2.75) is 0 Å². The molecule has 3 heterocycles. The highest BCUT2D eigenvalue weighted by Gasteiger charge is 2.20. The van der Waals surface area contributed by atoms with Crippen LogP contribution < -0.4 is 0 Å². The Balaban J connectivity index is 1.24. The van der Waals surface area contributed by atoms with Crippen LogP contribution in [0.1, 0.15) is 0 Å². The molecule has 248 valence electrons. The number of nitrogens with zero attached hydrogens (tertiary/aromatic N) is 3. The van der Waals surface area contributed by atoms with Crippen molar-refractivity contribution in [3.63, 3.8) is 0 Å². The van der Waals surface area contributed by atoms with E-state index in [9.17, 15) is 0 Å². The lowest BCUT2D eigenvalue weighted by molar-refractivity contribution is 1.13. The molecule has 0 fully saturated rings. The molecular formula is C50H33N3. The maximum absolute atomic E-state index is 2.49. The summed E-state index contributed by atoms with van der Waals surface area (Å²) >= 11 is 0. The van der Waals surface area contributed by atoms with E-state index in [1.54, 1.807) is 0 Å². The Bertz CT molecular complexity index is 3150. The first-order valence-corrected chi connectivity index (χ1v) is 18.2. The summed E-state index contributed by atoms with van der Waals surface area (Å²) in [5, 5.41) is 6.20. The molecule has 3 aromatic heterocycles. The van der Waals surface area contributed by atoms with Crippen molar-refractivity contribution in [1.29, 1.82) is 0 Å². The van der Waals surface area contributed by atoms with Crippen LogP contribution in [0.2, 0.25) is 0 Å². The molecule has 3 nitrogen and oxygen atoms in total. The van der Waals surface area contributed by atoms with E-state index in [4.69, 9.17) is 0 Å². The fraction of sp³-hybridized carbons (Fsp3) is 0. The van der Waals surface area contributed by atoms with Gasteiger partial charge in [0.25, 0.3) is 0 Å². The molecule has 8 aromatic carbocycles. The van der Waals surface area contributed by atoms with Gasteiger partial charge in [0.15, 0.2) is 0 Å². The number of aromatic nitrogens is 3. The van der Waals surface area contributed by atoms with Crippen molar-refractivity contribution < 1.29 is 0 Å². The topological polar surface area (TPSA) is 14.8 Å². The first-order valence-electron chi connectivity index (χ1n) is 18.2. The van der Waals surface area contributed by atoms with Gasteiger partial charge in [-0.1, -0.05) is 133 Å². The minimum atomic E-state index is 1.12. The van der Waals surface area contributed by atoms with Crippen molar-refractivity contribution in [3.8, 4) is 39.3 Å². The smallest absolute Gasteiger partial charge is 0.0635 e. The SMILES string of the molecule is c1ccc(-c2cc(-n3c4ccccc4c4ccc(-c5ccccc5)cc43)cc(-n3c4ccccc4c4ccc5c(ccn5-c5ccccc5)c43)c2)cc1. The van der Waals surface area contributed by atoms with E-state index >= 15 is 0 Å². The zero-order valence-electron chi connectivity index (χ0n) is 28.9. The molecule has 0 aliphatic carbocycles. The third-order valence-corrected chi connectivity index (χ3v) is 10.8. The zero-order valence-corrected chi connectivity index (χ0v) is 28.9. The second-order valence-corrected chi connectivity index (χ2v) is 13.8. The van der Waals surface area contributed by atoms with Gasteiger partial charge in [0.05, 0.1) is 27.6 Å². The molecule has 0 atom stereocenters. The normalized spacial score (nSPS) is 11.8. The Morgan fingerprint density at radius 1 is 0.264 bits per heavy atom. The average Bonchev–Trinajstić information content (AvgIpc) is 3.92. The van der Waals surface area contributed by atoms with Crippen LogP contribution >= 0.6 is 0 Å². The predicted octanol–water partition coefficient (Wildman–Crippen LogP) is 13.2. The summed E-state index contributed by atoms with van der Waals surface area (Å²) in [6.45, 7) is 0. The number of hydrogen-bond acceptors (Lipinski definition) is 0. The highest BCUT2D eigenvalue weighted by atomic mass is 15.0. The standard InChI is InChI=1S/C50H33N3/c1-4-14-34(15-5-1)36-24-25-43-41-20-10-12-22-47(41)52(49(43)32-36)39-30-37(35-16-6-2-7-17-35)31-40(33-39)53-48-23-13-11-21-42(48)44-26-27-46-45(50(44)53)28-29-51(46)38-18-8-3-9-19-38/h1-33H. The average molecular weight is 676 g/mol. The molecule has 0 aliphatic rings. The molecule has 0 spiro atoms. The third-order valence-electron chi connectivity index (χ3n) is 10.8. The number of para-hydroxylation sites is 3. The molecule has 0 radical (unpaired) electrons. The number of benzene rings is 8. The molecule has 0 saturated heterocycles.